The maximum absolute atomic E-state index is 13.0. The highest BCUT2D eigenvalue weighted by Crippen LogP contribution is 2.39. The molecule has 0 aromatic carbocycles. The number of aromatic nitrogens is 2. The van der Waals surface area contributed by atoms with Crippen LogP contribution in [0.25, 0.3) is 0 Å². The number of carbonyl (C=O) groups excluding carboxylic acids is 3. The number of nitrogens with two attached hydrogens (primary N) is 1. The zero-order chi connectivity index (χ0) is 50.4. The van der Waals surface area contributed by atoms with Crippen LogP contribution in [0.2, 0.25) is 0 Å². The molecule has 1 aromatic rings. The molecule has 2 saturated heterocycles. The monoisotopic (exact) mass is 990 g/mol. The van der Waals surface area contributed by atoms with Crippen molar-refractivity contribution in [3.05, 3.63) is 47.4 Å². The molecule has 25 heteroatoms. The molecule has 0 saturated carbocycles. The molecule has 0 aliphatic carbocycles. The van der Waals surface area contributed by atoms with Crippen molar-refractivity contribution in [3.63, 3.8) is 0 Å². The van der Waals surface area contributed by atoms with Crippen molar-refractivity contribution in [1.29, 1.82) is 0 Å². The van der Waals surface area contributed by atoms with E-state index in [1.807, 2.05) is 0 Å². The van der Waals surface area contributed by atoms with Gasteiger partial charge >= 0.3 is 11.7 Å². The molecule has 0 radical (unpaired) electrons. The summed E-state index contributed by atoms with van der Waals surface area (Å²) in [6.07, 6.45) is -0.247. The summed E-state index contributed by atoms with van der Waals surface area (Å²) < 4.78 is 22.8. The van der Waals surface area contributed by atoms with Gasteiger partial charge in [0.1, 0.15) is 48.2 Å². The van der Waals surface area contributed by atoms with Crippen LogP contribution < -0.4 is 27.4 Å². The van der Waals surface area contributed by atoms with Crippen LogP contribution in [-0.4, -0.2) is 160 Å². The highest BCUT2D eigenvalue weighted by molar-refractivity contribution is 7.26. The van der Waals surface area contributed by atoms with Gasteiger partial charge in [0.15, 0.2) is 15.3 Å². The van der Waals surface area contributed by atoms with Gasteiger partial charge in [-0.15, -0.1) is 0 Å². The second kappa shape index (κ2) is 29.6. The van der Waals surface area contributed by atoms with E-state index in [-0.39, 0.29) is 42.5 Å². The average Bonchev–Trinajstić information content (AvgIpc) is 3.56. The molecule has 2 aliphatic rings. The summed E-state index contributed by atoms with van der Waals surface area (Å²) in [5.41, 5.74) is 4.62. The van der Waals surface area contributed by atoms with Crippen molar-refractivity contribution in [2.24, 2.45) is 0 Å². The van der Waals surface area contributed by atoms with Gasteiger partial charge in [-0.1, -0.05) is 77.4 Å². The van der Waals surface area contributed by atoms with E-state index >= 15 is 0 Å². The number of nitrogens with zero attached hydrogens (tertiary/aromatic N) is 2. The van der Waals surface area contributed by atoms with Crippen molar-refractivity contribution in [3.8, 4) is 0 Å². The molecule has 0 spiro atoms. The van der Waals surface area contributed by atoms with Gasteiger partial charge in [-0.3, -0.25) is 23.5 Å². The average molecular weight is 991 g/mol. The third-order valence-corrected chi connectivity index (χ3v) is 12.3. The predicted octanol–water partition coefficient (Wildman–Crippen LogP) is 0.102. The fraction of sp³-hybridized carbons (Fsp3) is 0.721. The molecule has 386 valence electrons. The summed E-state index contributed by atoms with van der Waals surface area (Å²) in [6, 6.07) is -1.32. The Labute approximate surface area is 395 Å². The molecule has 14 N–H and O–H groups in total. The van der Waals surface area contributed by atoms with E-state index in [9.17, 15) is 64.8 Å². The standard InChI is InChI=1S/C43H71N6O18P/c1-25(51)15-13-11-9-7-5-3-4-6-8-10-12-14-16-33(56)46-27(26(2)52)17-18-32(55)45-22-34(57)48-35-28(53)21-43(41(61)62,66-39(35)36(58)29(54)23-50)67-68-64-24-30-37(59)38(60)40(65-30)49-20-19-31(44)47-42(49)63/h19-20,27-30,35-40,50-54,58-60,68H,1-18,21-24H2,(H,45,55)(H,46,56)(H,48,57)(H,61,62)(H2,44,47,63)/t27-,28?,29?,30+,35?,36+,37?,38?,39?,40+,43?/m0/s1. The number of carboxylic acids is 1. The lowest BCUT2D eigenvalue weighted by Crippen LogP contribution is -2.68. The number of carboxylic acid groups (broad SMARTS) is 1. The van der Waals surface area contributed by atoms with Crippen molar-refractivity contribution in [2.75, 3.05) is 25.5 Å². The van der Waals surface area contributed by atoms with Crippen molar-refractivity contribution < 1.29 is 83.7 Å². The Bertz CT molecular complexity index is 1850. The van der Waals surface area contributed by atoms with Crippen LogP contribution in [0.4, 0.5) is 5.82 Å². The largest absolute Gasteiger partial charge is 0.513 e. The van der Waals surface area contributed by atoms with E-state index in [1.54, 1.807) is 0 Å². The molecule has 24 nitrogen and oxygen atoms in total. The number of allylic oxidation sites excluding steroid dienone is 1. The number of hydrogen-bond acceptors (Lipinski definition) is 19. The zero-order valence-corrected chi connectivity index (χ0v) is 39.2. The first-order valence-corrected chi connectivity index (χ1v) is 23.7. The molecule has 3 amide bonds. The van der Waals surface area contributed by atoms with Gasteiger partial charge in [-0.2, -0.15) is 4.98 Å². The SMILES string of the molecule is C=C(O)CCCCCCCCCCCCCCC(=O)N[C@@H](CCC(=O)NCC(=O)NC1C(O)CC(OPOC[C@H]2O[C@@H](n3ccc(N)nc3=O)C(O)C2O)(C(=O)O)OC1[C@H](O)C(O)CO)C(=C)O. The number of nitrogens with one attached hydrogen (secondary N) is 3. The number of nitrogen functional groups attached to an aromatic ring is 1. The Morgan fingerprint density at radius 2 is 1.50 bits per heavy atom. The van der Waals surface area contributed by atoms with Gasteiger partial charge < -0.3 is 81.6 Å². The Balaban J connectivity index is 1.43. The van der Waals surface area contributed by atoms with Gasteiger partial charge in [0.2, 0.25) is 17.7 Å². The Kier molecular flexibility index (Phi) is 25.3. The molecule has 2 aliphatic heterocycles. The molecule has 3 heterocycles. The number of anilines is 1. The second-order valence-electron chi connectivity index (χ2n) is 17.1. The van der Waals surface area contributed by atoms with E-state index in [4.69, 9.17) is 29.4 Å². The fourth-order valence-corrected chi connectivity index (χ4v) is 8.32. The number of aliphatic hydroxyl groups is 8. The van der Waals surface area contributed by atoms with Gasteiger partial charge in [0.25, 0.3) is 5.79 Å². The first-order chi connectivity index (χ1) is 32.3. The quantitative estimate of drug-likeness (QED) is 0.0252. The predicted molar refractivity (Wildman–Crippen MR) is 243 cm³/mol. The van der Waals surface area contributed by atoms with Crippen LogP contribution >= 0.6 is 9.03 Å². The minimum Gasteiger partial charge on any atom is -0.513 e. The summed E-state index contributed by atoms with van der Waals surface area (Å²) in [5.74, 6) is -6.77. The lowest BCUT2D eigenvalue weighted by Gasteiger charge is -2.46. The molecule has 12 atom stereocenters. The summed E-state index contributed by atoms with van der Waals surface area (Å²) in [4.78, 5) is 66.7. The van der Waals surface area contributed by atoms with Gasteiger partial charge in [0.05, 0.1) is 43.7 Å². The normalized spacial score (nSPS) is 25.1. The second-order valence-corrected chi connectivity index (χ2v) is 17.7. The van der Waals surface area contributed by atoms with Crippen LogP contribution in [-0.2, 0) is 37.7 Å². The number of ether oxygens (including phenoxy) is 2. The number of aliphatic carboxylic acids is 1. The maximum atomic E-state index is 13.0. The lowest BCUT2D eigenvalue weighted by molar-refractivity contribution is -0.283. The van der Waals surface area contributed by atoms with Gasteiger partial charge in [0, 0.05) is 31.9 Å². The first kappa shape index (κ1) is 58.0. The van der Waals surface area contributed by atoms with E-state index in [0.717, 1.165) is 55.9 Å². The zero-order valence-electron chi connectivity index (χ0n) is 38.2. The summed E-state index contributed by atoms with van der Waals surface area (Å²) >= 11 is 0. The number of hydrogen-bond donors (Lipinski definition) is 13. The number of amides is 3. The fourth-order valence-electron chi connectivity index (χ4n) is 7.68. The van der Waals surface area contributed by atoms with Gasteiger partial charge in [-0.05, 0) is 25.3 Å². The van der Waals surface area contributed by atoms with Crippen LogP contribution in [0, 0.1) is 0 Å². The number of rotatable bonds is 33. The molecule has 68 heavy (non-hydrogen) atoms. The molecule has 2 fully saturated rings. The summed E-state index contributed by atoms with van der Waals surface area (Å²) in [7, 11) is -1.23. The highest BCUT2D eigenvalue weighted by atomic mass is 31.1. The van der Waals surface area contributed by atoms with Crippen molar-refractivity contribution in [2.45, 2.75) is 176 Å². The minimum absolute atomic E-state index is 0.0590. The molecule has 8 unspecified atom stereocenters. The number of carbonyl (C=O) groups is 4. The Hall–Kier alpha value is -4.33. The molecular formula is C43H71N6O18P. The minimum atomic E-state index is -2.78. The number of aliphatic hydroxyl groups excluding tert-OH is 8. The molecular weight excluding hydrogens is 919 g/mol. The van der Waals surface area contributed by atoms with Crippen LogP contribution in [0.15, 0.2) is 41.7 Å². The number of unbranched alkanes of at least 4 members (excludes halogenated alkanes) is 11. The Morgan fingerprint density at radius 3 is 2.06 bits per heavy atom. The topological polar surface area (TPSA) is 384 Å². The van der Waals surface area contributed by atoms with Crippen molar-refractivity contribution >= 4 is 38.5 Å². The van der Waals surface area contributed by atoms with Crippen molar-refractivity contribution in [1.82, 2.24) is 25.5 Å². The smallest absolute Gasteiger partial charge is 0.364 e. The van der Waals surface area contributed by atoms with E-state index in [1.165, 1.54) is 31.5 Å². The maximum Gasteiger partial charge on any atom is 0.364 e. The third-order valence-electron chi connectivity index (χ3n) is 11.6. The molecule has 3 rings (SSSR count). The molecule has 1 aromatic heterocycles. The highest BCUT2D eigenvalue weighted by Gasteiger charge is 2.56. The Morgan fingerprint density at radius 1 is 0.897 bits per heavy atom. The van der Waals surface area contributed by atoms with Crippen LogP contribution in [0.3, 0.4) is 0 Å². The lowest BCUT2D eigenvalue weighted by atomic mass is 9.88. The van der Waals surface area contributed by atoms with Crippen LogP contribution in [0.1, 0.15) is 115 Å². The van der Waals surface area contributed by atoms with E-state index in [2.05, 4.69) is 34.1 Å². The van der Waals surface area contributed by atoms with E-state index < -0.39 is 126 Å². The van der Waals surface area contributed by atoms with Gasteiger partial charge in [-0.25, -0.2) is 9.59 Å². The summed E-state index contributed by atoms with van der Waals surface area (Å²) in [5, 5.41) is 99.5. The first-order valence-electron chi connectivity index (χ1n) is 22.9. The third kappa shape index (κ3) is 18.9. The molecule has 0 bridgehead atoms. The summed E-state index contributed by atoms with van der Waals surface area (Å²) in [6.45, 7) is 4.71. The van der Waals surface area contributed by atoms with Crippen LogP contribution in [0.5, 0.6) is 0 Å². The van der Waals surface area contributed by atoms with E-state index in [0.29, 0.717) is 12.8 Å².